The Hall–Kier alpha value is -2.32. The quantitative estimate of drug-likeness (QED) is 0.754. The van der Waals surface area contributed by atoms with Crippen LogP contribution in [-0.4, -0.2) is 12.6 Å². The van der Waals surface area contributed by atoms with Crippen LogP contribution >= 0.6 is 11.6 Å². The first-order valence-electron chi connectivity index (χ1n) is 7.56. The van der Waals surface area contributed by atoms with Gasteiger partial charge >= 0.3 is 5.97 Å². The van der Waals surface area contributed by atoms with Crippen LogP contribution in [0.15, 0.2) is 84.0 Å². The number of hydrogen-bond acceptors (Lipinski definition) is 2. The summed E-state index contributed by atoms with van der Waals surface area (Å²) < 4.78 is 5.35. The van der Waals surface area contributed by atoms with Crippen molar-refractivity contribution in [1.29, 1.82) is 0 Å². The molecule has 2 nitrogen and oxygen atoms in total. The number of carbonyl (C=O) groups is 1. The maximum atomic E-state index is 12.8. The maximum Gasteiger partial charge on any atom is 0.324 e. The van der Waals surface area contributed by atoms with Gasteiger partial charge in [0.2, 0.25) is 0 Å². The zero-order valence-electron chi connectivity index (χ0n) is 12.8. The van der Waals surface area contributed by atoms with Crippen molar-refractivity contribution in [2.75, 3.05) is 6.61 Å². The predicted octanol–water partition coefficient (Wildman–Crippen LogP) is 4.69. The van der Waals surface area contributed by atoms with Gasteiger partial charge in [-0.3, -0.25) is 4.79 Å². The smallest absolute Gasteiger partial charge is 0.324 e. The van der Waals surface area contributed by atoms with E-state index in [1.165, 1.54) is 0 Å². The van der Waals surface area contributed by atoms with Crippen molar-refractivity contribution >= 4 is 17.6 Å². The molecular weight excluding hydrogens is 308 g/mol. The zero-order chi connectivity index (χ0) is 16.3. The molecule has 0 aromatic heterocycles. The number of allylic oxidation sites excluding steroid dienone is 8. The molecule has 1 unspecified atom stereocenters. The summed E-state index contributed by atoms with van der Waals surface area (Å²) in [4.78, 5) is 12.8. The second-order valence-corrected chi connectivity index (χ2v) is 5.83. The highest BCUT2D eigenvalue weighted by molar-refractivity contribution is 6.30. The van der Waals surface area contributed by atoms with Crippen LogP contribution in [0.2, 0.25) is 5.02 Å². The number of rotatable bonds is 3. The Labute approximate surface area is 141 Å². The second kappa shape index (κ2) is 6.43. The van der Waals surface area contributed by atoms with Gasteiger partial charge < -0.3 is 4.74 Å². The first-order valence-corrected chi connectivity index (χ1v) is 7.94. The van der Waals surface area contributed by atoms with E-state index in [1.807, 2.05) is 67.7 Å². The van der Waals surface area contributed by atoms with Crippen LogP contribution in [0.4, 0.5) is 0 Å². The molecule has 3 rings (SSSR count). The molecular formula is C20H17ClO2. The van der Waals surface area contributed by atoms with Gasteiger partial charge in [0.1, 0.15) is 5.41 Å². The normalized spacial score (nSPS) is 22.0. The number of fused-ring (bicyclic) bond motifs is 1. The third-order valence-corrected chi connectivity index (χ3v) is 4.20. The SMILES string of the molecule is CCOC(=O)C1(c2ccc(Cl)cc2)C=CC2=CC=CC=CC2=C1. The van der Waals surface area contributed by atoms with Crippen molar-refractivity contribution in [3.63, 3.8) is 0 Å². The predicted molar refractivity (Wildman–Crippen MR) is 93.3 cm³/mol. The Bertz CT molecular complexity index is 763. The van der Waals surface area contributed by atoms with Crippen molar-refractivity contribution < 1.29 is 9.53 Å². The number of ether oxygens (including phenoxy) is 1. The molecule has 0 saturated carbocycles. The van der Waals surface area contributed by atoms with E-state index >= 15 is 0 Å². The Balaban J connectivity index is 2.14. The van der Waals surface area contributed by atoms with Gasteiger partial charge in [-0.2, -0.15) is 0 Å². The molecule has 0 saturated heterocycles. The Kier molecular flexibility index (Phi) is 4.35. The van der Waals surface area contributed by atoms with Crippen molar-refractivity contribution in [2.24, 2.45) is 0 Å². The molecule has 23 heavy (non-hydrogen) atoms. The second-order valence-electron chi connectivity index (χ2n) is 5.40. The largest absolute Gasteiger partial charge is 0.465 e. The van der Waals surface area contributed by atoms with E-state index in [4.69, 9.17) is 16.3 Å². The summed E-state index contributed by atoms with van der Waals surface area (Å²) in [7, 11) is 0. The van der Waals surface area contributed by atoms with E-state index in [9.17, 15) is 4.79 Å². The number of halogens is 1. The summed E-state index contributed by atoms with van der Waals surface area (Å²) in [5, 5.41) is 0.638. The minimum absolute atomic E-state index is 0.282. The van der Waals surface area contributed by atoms with E-state index < -0.39 is 5.41 Å². The highest BCUT2D eigenvalue weighted by atomic mass is 35.5. The van der Waals surface area contributed by atoms with Crippen LogP contribution in [0.5, 0.6) is 0 Å². The van der Waals surface area contributed by atoms with Crippen molar-refractivity contribution in [3.8, 4) is 0 Å². The minimum atomic E-state index is -0.929. The molecule has 0 radical (unpaired) electrons. The lowest BCUT2D eigenvalue weighted by molar-refractivity contribution is -0.146. The van der Waals surface area contributed by atoms with Crippen LogP contribution in [0, 0.1) is 0 Å². The Morgan fingerprint density at radius 1 is 1.09 bits per heavy atom. The third kappa shape index (κ3) is 2.95. The average Bonchev–Trinajstić information content (AvgIpc) is 2.80. The molecule has 1 aromatic rings. The molecule has 3 heteroatoms. The average molecular weight is 325 g/mol. The molecule has 0 bridgehead atoms. The summed E-state index contributed by atoms with van der Waals surface area (Å²) in [6, 6.07) is 7.32. The van der Waals surface area contributed by atoms with Gasteiger partial charge in [0.25, 0.3) is 0 Å². The van der Waals surface area contributed by atoms with Crippen LogP contribution in [0.25, 0.3) is 0 Å². The highest BCUT2D eigenvalue weighted by Crippen LogP contribution is 2.37. The molecule has 116 valence electrons. The van der Waals surface area contributed by atoms with Gasteiger partial charge in [0.05, 0.1) is 6.61 Å². The highest BCUT2D eigenvalue weighted by Gasteiger charge is 2.39. The van der Waals surface area contributed by atoms with Crippen molar-refractivity contribution in [1.82, 2.24) is 0 Å². The lowest BCUT2D eigenvalue weighted by Gasteiger charge is -2.29. The van der Waals surface area contributed by atoms with Gasteiger partial charge in [-0.05, 0) is 35.8 Å². The number of hydrogen-bond donors (Lipinski definition) is 0. The monoisotopic (exact) mass is 324 g/mol. The standard InChI is InChI=1S/C20H17ClO2/c1-2-23-19(22)20(17-8-10-18(21)11-9-17)13-12-15-6-4-3-5-7-16(15)14-20/h3-14H,2H2,1H3. The van der Waals surface area contributed by atoms with E-state index in [0.29, 0.717) is 11.6 Å². The fourth-order valence-corrected chi connectivity index (χ4v) is 2.90. The van der Waals surface area contributed by atoms with Gasteiger partial charge in [-0.25, -0.2) is 0 Å². The van der Waals surface area contributed by atoms with Gasteiger partial charge in [-0.15, -0.1) is 0 Å². The molecule has 1 atom stereocenters. The fourth-order valence-electron chi connectivity index (χ4n) is 2.77. The molecule has 0 amide bonds. The maximum absolute atomic E-state index is 12.8. The summed E-state index contributed by atoms with van der Waals surface area (Å²) in [6.07, 6.45) is 15.8. The first-order chi connectivity index (χ1) is 11.2. The van der Waals surface area contributed by atoms with Crippen molar-refractivity contribution in [3.05, 3.63) is 94.6 Å². The van der Waals surface area contributed by atoms with Crippen LogP contribution in [0.3, 0.4) is 0 Å². The summed E-state index contributed by atoms with van der Waals surface area (Å²) in [6.45, 7) is 2.15. The molecule has 0 N–H and O–H groups in total. The Morgan fingerprint density at radius 3 is 2.61 bits per heavy atom. The molecule has 2 aliphatic rings. The van der Waals surface area contributed by atoms with Crippen LogP contribution in [-0.2, 0) is 14.9 Å². The van der Waals surface area contributed by atoms with Crippen LogP contribution in [0.1, 0.15) is 12.5 Å². The van der Waals surface area contributed by atoms with E-state index in [-0.39, 0.29) is 5.97 Å². The van der Waals surface area contributed by atoms with E-state index in [2.05, 4.69) is 0 Å². The van der Waals surface area contributed by atoms with Gasteiger partial charge in [0.15, 0.2) is 0 Å². The lowest BCUT2D eigenvalue weighted by Crippen LogP contribution is -2.35. The van der Waals surface area contributed by atoms with Crippen molar-refractivity contribution in [2.45, 2.75) is 12.3 Å². The first kappa shape index (κ1) is 15.6. The summed E-state index contributed by atoms with van der Waals surface area (Å²) >= 11 is 5.99. The molecule has 0 aliphatic heterocycles. The molecule has 0 fully saturated rings. The summed E-state index contributed by atoms with van der Waals surface area (Å²) in [5.41, 5.74) is 1.99. The molecule has 2 aliphatic carbocycles. The fraction of sp³-hybridized carbons (Fsp3) is 0.150. The van der Waals surface area contributed by atoms with E-state index in [0.717, 1.165) is 16.7 Å². The number of benzene rings is 1. The number of carbonyl (C=O) groups excluding carboxylic acids is 1. The molecule has 0 spiro atoms. The topological polar surface area (TPSA) is 26.3 Å². The van der Waals surface area contributed by atoms with E-state index in [1.54, 1.807) is 12.1 Å². The third-order valence-electron chi connectivity index (χ3n) is 3.95. The molecule has 1 aromatic carbocycles. The van der Waals surface area contributed by atoms with Gasteiger partial charge in [-0.1, -0.05) is 72.3 Å². The zero-order valence-corrected chi connectivity index (χ0v) is 13.6. The minimum Gasteiger partial charge on any atom is -0.465 e. The molecule has 0 heterocycles. The Morgan fingerprint density at radius 2 is 1.87 bits per heavy atom. The number of esters is 1. The summed E-state index contributed by atoms with van der Waals surface area (Å²) in [5.74, 6) is -0.282. The van der Waals surface area contributed by atoms with Crippen LogP contribution < -0.4 is 0 Å². The van der Waals surface area contributed by atoms with Gasteiger partial charge in [0, 0.05) is 5.02 Å². The lowest BCUT2D eigenvalue weighted by atomic mass is 9.74.